The van der Waals surface area contributed by atoms with Crippen molar-refractivity contribution in [1.82, 2.24) is 5.32 Å². The number of benzene rings is 2. The van der Waals surface area contributed by atoms with E-state index in [1.807, 2.05) is 18.2 Å². The van der Waals surface area contributed by atoms with Gasteiger partial charge in [0.25, 0.3) is 6.02 Å². The van der Waals surface area contributed by atoms with E-state index >= 15 is 0 Å². The van der Waals surface area contributed by atoms with Crippen LogP contribution in [0.15, 0.2) is 41.4 Å². The number of nitrogens with zero attached hydrogens (tertiary/aromatic N) is 1. The number of amidine groups is 1. The molecule has 0 aromatic heterocycles. The monoisotopic (exact) mass is 414 g/mol. The van der Waals surface area contributed by atoms with Crippen molar-refractivity contribution in [2.45, 2.75) is 12.6 Å². The van der Waals surface area contributed by atoms with Crippen LogP contribution in [-0.4, -0.2) is 45.3 Å². The molecular weight excluding hydrogens is 391 g/mol. The van der Waals surface area contributed by atoms with Gasteiger partial charge in [-0.25, -0.2) is 9.38 Å². The highest BCUT2D eigenvalue weighted by Gasteiger charge is 2.26. The second-order valence-electron chi connectivity index (χ2n) is 6.95. The van der Waals surface area contributed by atoms with E-state index in [1.165, 1.54) is 12.1 Å². The first-order valence-corrected chi connectivity index (χ1v) is 9.64. The van der Waals surface area contributed by atoms with Gasteiger partial charge in [-0.1, -0.05) is 6.07 Å². The van der Waals surface area contributed by atoms with Crippen molar-refractivity contribution in [2.75, 3.05) is 44.0 Å². The van der Waals surface area contributed by atoms with Crippen LogP contribution in [0.3, 0.4) is 0 Å². The Hall–Kier alpha value is -3.17. The third-order valence-electron chi connectivity index (χ3n) is 4.77. The van der Waals surface area contributed by atoms with Crippen molar-refractivity contribution in [1.29, 1.82) is 0 Å². The van der Waals surface area contributed by atoms with Crippen molar-refractivity contribution in [3.63, 3.8) is 0 Å². The Bertz CT molecular complexity index is 966. The lowest BCUT2D eigenvalue weighted by Gasteiger charge is -2.22. The largest absolute Gasteiger partial charge is 0.491 e. The molecule has 0 bridgehead atoms. The molecule has 2 aromatic rings. The lowest BCUT2D eigenvalue weighted by molar-refractivity contribution is -0.115. The van der Waals surface area contributed by atoms with E-state index in [0.29, 0.717) is 43.8 Å². The van der Waals surface area contributed by atoms with Gasteiger partial charge >= 0.3 is 0 Å². The minimum Gasteiger partial charge on any atom is -0.491 e. The van der Waals surface area contributed by atoms with Gasteiger partial charge in [-0.3, -0.25) is 4.79 Å². The van der Waals surface area contributed by atoms with E-state index < -0.39 is 0 Å². The Kier molecular flexibility index (Phi) is 6.10. The quantitative estimate of drug-likeness (QED) is 0.603. The van der Waals surface area contributed by atoms with Gasteiger partial charge in [-0.05, 0) is 24.3 Å². The number of ether oxygens (including phenoxy) is 3. The number of fused-ring (bicyclic) bond motifs is 2. The number of halogens is 1. The molecule has 158 valence electrons. The third kappa shape index (κ3) is 4.69. The number of hydrogen-bond donors (Lipinski definition) is 3. The molecule has 9 heteroatoms. The first-order valence-electron chi connectivity index (χ1n) is 9.64. The van der Waals surface area contributed by atoms with Gasteiger partial charge in [0.15, 0.2) is 0 Å². The van der Waals surface area contributed by atoms with Crippen molar-refractivity contribution in [2.24, 2.45) is 4.99 Å². The molecule has 0 fully saturated rings. The molecule has 0 saturated heterocycles. The van der Waals surface area contributed by atoms with E-state index in [2.05, 4.69) is 20.9 Å². The molecular formula is C21H23FN4O4. The standard InChI is InChI=1S/C21H23FN4O4/c1-28-7-6-23-10-20(27)24-15-3-5-17-13(8-15)11-30-21(25-17)26-18-12-29-19-9-14(22)2-4-16(18)19/h2-5,8-9,18,23H,6-7,10-12H2,1H3,(H,24,27)(H,25,26). The fourth-order valence-electron chi connectivity index (χ4n) is 3.28. The van der Waals surface area contributed by atoms with Crippen LogP contribution in [0.2, 0.25) is 0 Å². The van der Waals surface area contributed by atoms with Crippen LogP contribution >= 0.6 is 0 Å². The van der Waals surface area contributed by atoms with Crippen LogP contribution in [-0.2, 0) is 20.9 Å². The van der Waals surface area contributed by atoms with E-state index in [4.69, 9.17) is 14.2 Å². The van der Waals surface area contributed by atoms with Gasteiger partial charge in [0.05, 0.1) is 13.2 Å². The van der Waals surface area contributed by atoms with Crippen molar-refractivity contribution >= 4 is 23.3 Å². The van der Waals surface area contributed by atoms with Gasteiger partial charge in [0.2, 0.25) is 5.91 Å². The predicted octanol–water partition coefficient (Wildman–Crippen LogP) is 2.43. The van der Waals surface area contributed by atoms with Crippen molar-refractivity contribution in [3.8, 4) is 5.75 Å². The maximum Gasteiger partial charge on any atom is 0.290 e. The number of hydrogen-bond acceptors (Lipinski definition) is 6. The summed E-state index contributed by atoms with van der Waals surface area (Å²) in [6.45, 7) is 2.03. The summed E-state index contributed by atoms with van der Waals surface area (Å²) >= 11 is 0. The number of carbonyl (C=O) groups is 1. The summed E-state index contributed by atoms with van der Waals surface area (Å²) in [5.41, 5.74) is 3.29. The van der Waals surface area contributed by atoms with Crippen LogP contribution in [0.5, 0.6) is 5.75 Å². The highest BCUT2D eigenvalue weighted by atomic mass is 19.1. The number of rotatable bonds is 7. The van der Waals surface area contributed by atoms with Gasteiger partial charge in [-0.15, -0.1) is 0 Å². The summed E-state index contributed by atoms with van der Waals surface area (Å²) in [7, 11) is 1.61. The number of anilines is 2. The molecule has 4 rings (SSSR count). The summed E-state index contributed by atoms with van der Waals surface area (Å²) in [5.74, 6) is 0.0451. The van der Waals surface area contributed by atoms with E-state index in [-0.39, 0.29) is 24.3 Å². The second-order valence-corrected chi connectivity index (χ2v) is 6.95. The summed E-state index contributed by atoms with van der Waals surface area (Å²) in [4.78, 5) is 16.6. The second kappa shape index (κ2) is 9.10. The molecule has 0 aliphatic carbocycles. The molecule has 2 aliphatic heterocycles. The van der Waals surface area contributed by atoms with Crippen LogP contribution in [0.1, 0.15) is 17.2 Å². The van der Waals surface area contributed by atoms with E-state index in [1.54, 1.807) is 13.2 Å². The fraction of sp³-hybridized carbons (Fsp3) is 0.333. The first-order chi connectivity index (χ1) is 14.6. The molecule has 2 aliphatic rings. The van der Waals surface area contributed by atoms with E-state index in [0.717, 1.165) is 16.8 Å². The summed E-state index contributed by atoms with van der Waals surface area (Å²) in [6, 6.07) is 10.1. The lowest BCUT2D eigenvalue weighted by Crippen LogP contribution is -2.30. The van der Waals surface area contributed by atoms with Crippen LogP contribution in [0.25, 0.3) is 0 Å². The molecule has 2 aromatic carbocycles. The molecule has 3 N–H and O–H groups in total. The van der Waals surface area contributed by atoms with Crippen molar-refractivity contribution in [3.05, 3.63) is 53.3 Å². The first kappa shape index (κ1) is 20.1. The normalized spacial score (nSPS) is 18.1. The maximum atomic E-state index is 13.3. The Labute approximate surface area is 173 Å². The summed E-state index contributed by atoms with van der Waals surface area (Å²) in [5, 5.41) is 9.00. The lowest BCUT2D eigenvalue weighted by atomic mass is 10.1. The van der Waals surface area contributed by atoms with Crippen molar-refractivity contribution < 1.29 is 23.4 Å². The van der Waals surface area contributed by atoms with Gasteiger partial charge in [0.1, 0.15) is 30.8 Å². The SMILES string of the molecule is COCCNCC(=O)Nc1ccc2c(c1)COC(=NC1COc3cc(F)ccc31)N2. The molecule has 1 amide bonds. The molecule has 1 atom stereocenters. The number of aliphatic imine (C=N–C) groups is 1. The maximum absolute atomic E-state index is 13.3. The molecule has 1 unspecified atom stereocenters. The number of nitrogens with one attached hydrogen (secondary N) is 3. The summed E-state index contributed by atoms with van der Waals surface area (Å²) in [6.07, 6.45) is 0. The topological polar surface area (TPSA) is 93.2 Å². The Morgan fingerprint density at radius 2 is 2.20 bits per heavy atom. The molecule has 30 heavy (non-hydrogen) atoms. The van der Waals surface area contributed by atoms with Crippen LogP contribution in [0, 0.1) is 5.82 Å². The van der Waals surface area contributed by atoms with Gasteiger partial charge in [0, 0.05) is 42.2 Å². The summed E-state index contributed by atoms with van der Waals surface area (Å²) < 4.78 is 29.5. The highest BCUT2D eigenvalue weighted by molar-refractivity contribution is 5.95. The minimum absolute atomic E-state index is 0.130. The number of carbonyl (C=O) groups excluding carboxylic acids is 1. The molecule has 0 saturated carbocycles. The fourth-order valence-corrected chi connectivity index (χ4v) is 3.28. The molecule has 2 heterocycles. The predicted molar refractivity (Wildman–Crippen MR) is 110 cm³/mol. The number of methoxy groups -OCH3 is 1. The van der Waals surface area contributed by atoms with E-state index in [9.17, 15) is 9.18 Å². The highest BCUT2D eigenvalue weighted by Crippen LogP contribution is 2.36. The molecule has 0 spiro atoms. The minimum atomic E-state index is -0.336. The zero-order chi connectivity index (χ0) is 20.9. The zero-order valence-electron chi connectivity index (χ0n) is 16.5. The number of amides is 1. The van der Waals surface area contributed by atoms with Crippen LogP contribution < -0.4 is 20.7 Å². The Morgan fingerprint density at radius 1 is 1.30 bits per heavy atom. The van der Waals surface area contributed by atoms with Crippen LogP contribution in [0.4, 0.5) is 15.8 Å². The molecule has 0 radical (unpaired) electrons. The average molecular weight is 414 g/mol. The Morgan fingerprint density at radius 3 is 3.07 bits per heavy atom. The smallest absolute Gasteiger partial charge is 0.290 e. The third-order valence-corrected chi connectivity index (χ3v) is 4.77. The average Bonchev–Trinajstić information content (AvgIpc) is 3.13. The zero-order valence-corrected chi connectivity index (χ0v) is 16.5. The molecule has 8 nitrogen and oxygen atoms in total. The van der Waals surface area contributed by atoms with Gasteiger partial charge in [-0.2, -0.15) is 0 Å². The van der Waals surface area contributed by atoms with Gasteiger partial charge < -0.3 is 30.2 Å². The Balaban J connectivity index is 1.37.